The van der Waals surface area contributed by atoms with Crippen molar-refractivity contribution >= 4 is 16.9 Å². The molecular formula is C4H4O2S. The van der Waals surface area contributed by atoms with Crippen molar-refractivity contribution in [3.8, 4) is 0 Å². The van der Waals surface area contributed by atoms with Crippen LogP contribution < -0.4 is 0 Å². The zero-order valence-corrected chi connectivity index (χ0v) is 4.40. The summed E-state index contributed by atoms with van der Waals surface area (Å²) in [7, 11) is 0. The predicted octanol–water partition coefficient (Wildman–Crippen LogP) is 0.748. The van der Waals surface area contributed by atoms with Crippen molar-refractivity contribution in [3.05, 3.63) is 12.3 Å². The van der Waals surface area contributed by atoms with E-state index in [-0.39, 0.29) is 5.12 Å². The van der Waals surface area contributed by atoms with Gasteiger partial charge in [0.15, 0.2) is 0 Å². The van der Waals surface area contributed by atoms with Crippen LogP contribution in [0, 0.1) is 0 Å². The zero-order chi connectivity index (χ0) is 5.11. The molecule has 0 aromatic heterocycles. The van der Waals surface area contributed by atoms with Crippen molar-refractivity contribution in [1.82, 2.24) is 0 Å². The highest BCUT2D eigenvalue weighted by molar-refractivity contribution is 8.13. The van der Waals surface area contributed by atoms with Gasteiger partial charge in [0.1, 0.15) is 5.94 Å². The first kappa shape index (κ1) is 4.71. The Morgan fingerprint density at radius 1 is 1.86 bits per heavy atom. The molecule has 0 fully saturated rings. The van der Waals surface area contributed by atoms with Crippen LogP contribution >= 0.6 is 11.8 Å². The standard InChI is InChI=1S/C4H4O2S/c5-4-1-2-6-3-7-4/h1-2H,3H2. The van der Waals surface area contributed by atoms with Crippen LogP contribution in [0.3, 0.4) is 0 Å². The van der Waals surface area contributed by atoms with Gasteiger partial charge in [-0.05, 0) is 11.8 Å². The Labute approximate surface area is 45.5 Å². The molecule has 0 aromatic rings. The summed E-state index contributed by atoms with van der Waals surface area (Å²) in [6.07, 6.45) is 2.83. The Hall–Kier alpha value is -0.440. The third-order valence-corrected chi connectivity index (χ3v) is 1.24. The highest BCUT2D eigenvalue weighted by atomic mass is 32.2. The van der Waals surface area contributed by atoms with E-state index in [4.69, 9.17) is 4.74 Å². The Bertz CT molecular complexity index is 108. The van der Waals surface area contributed by atoms with Crippen molar-refractivity contribution in [2.24, 2.45) is 0 Å². The molecule has 38 valence electrons. The molecule has 0 saturated heterocycles. The third-order valence-electron chi connectivity index (χ3n) is 0.570. The second kappa shape index (κ2) is 2.02. The summed E-state index contributed by atoms with van der Waals surface area (Å²) in [6.45, 7) is 0. The van der Waals surface area contributed by atoms with E-state index in [1.165, 1.54) is 24.1 Å². The van der Waals surface area contributed by atoms with E-state index in [0.29, 0.717) is 5.94 Å². The van der Waals surface area contributed by atoms with Crippen LogP contribution in [0.1, 0.15) is 0 Å². The molecule has 7 heavy (non-hydrogen) atoms. The molecule has 1 aliphatic heterocycles. The van der Waals surface area contributed by atoms with E-state index in [9.17, 15) is 4.79 Å². The number of carbonyl (C=O) groups excluding carboxylic acids is 1. The summed E-state index contributed by atoms with van der Waals surface area (Å²) >= 11 is 1.17. The van der Waals surface area contributed by atoms with Gasteiger partial charge < -0.3 is 4.74 Å². The predicted molar refractivity (Wildman–Crippen MR) is 27.7 cm³/mol. The van der Waals surface area contributed by atoms with Crippen LogP contribution in [0.25, 0.3) is 0 Å². The van der Waals surface area contributed by atoms with Crippen molar-refractivity contribution in [2.75, 3.05) is 5.94 Å². The number of ether oxygens (including phenoxy) is 1. The topological polar surface area (TPSA) is 26.3 Å². The lowest BCUT2D eigenvalue weighted by molar-refractivity contribution is -0.107. The Balaban J connectivity index is 2.51. The van der Waals surface area contributed by atoms with E-state index < -0.39 is 0 Å². The Kier molecular flexibility index (Phi) is 1.36. The number of hydrogen-bond acceptors (Lipinski definition) is 3. The lowest BCUT2D eigenvalue weighted by Crippen LogP contribution is -1.95. The average Bonchev–Trinajstić information content (AvgIpc) is 1.69. The first-order valence-corrected chi connectivity index (χ1v) is 2.83. The lowest BCUT2D eigenvalue weighted by Gasteiger charge is -2.00. The molecule has 0 spiro atoms. The van der Waals surface area contributed by atoms with Gasteiger partial charge in [0.2, 0.25) is 5.12 Å². The molecular weight excluding hydrogens is 112 g/mol. The van der Waals surface area contributed by atoms with Gasteiger partial charge in [0.25, 0.3) is 0 Å². The molecule has 0 bridgehead atoms. The van der Waals surface area contributed by atoms with Crippen molar-refractivity contribution in [1.29, 1.82) is 0 Å². The normalized spacial score (nSPS) is 19.1. The van der Waals surface area contributed by atoms with Gasteiger partial charge in [0.05, 0.1) is 6.26 Å². The molecule has 0 aromatic carbocycles. The summed E-state index contributed by atoms with van der Waals surface area (Å²) in [6, 6.07) is 0. The second-order valence-electron chi connectivity index (χ2n) is 1.05. The van der Waals surface area contributed by atoms with Gasteiger partial charge in [-0.3, -0.25) is 4.79 Å². The van der Waals surface area contributed by atoms with Gasteiger partial charge in [-0.25, -0.2) is 0 Å². The Morgan fingerprint density at radius 3 is 3.00 bits per heavy atom. The van der Waals surface area contributed by atoms with Crippen LogP contribution in [0.2, 0.25) is 0 Å². The highest BCUT2D eigenvalue weighted by Gasteiger charge is 1.99. The molecule has 0 amide bonds. The molecule has 1 heterocycles. The van der Waals surface area contributed by atoms with Crippen LogP contribution in [0.15, 0.2) is 12.3 Å². The van der Waals surface area contributed by atoms with Gasteiger partial charge in [-0.15, -0.1) is 0 Å². The molecule has 0 radical (unpaired) electrons. The first-order chi connectivity index (χ1) is 3.39. The molecule has 2 nitrogen and oxygen atoms in total. The SMILES string of the molecule is O=C1C=COCS1. The average molecular weight is 116 g/mol. The van der Waals surface area contributed by atoms with Crippen LogP contribution in [0.5, 0.6) is 0 Å². The van der Waals surface area contributed by atoms with Gasteiger partial charge in [0, 0.05) is 6.08 Å². The molecule has 0 unspecified atom stereocenters. The summed E-state index contributed by atoms with van der Waals surface area (Å²) in [5.41, 5.74) is 0. The quantitative estimate of drug-likeness (QED) is 0.467. The fraction of sp³-hybridized carbons (Fsp3) is 0.250. The number of carbonyl (C=O) groups is 1. The summed E-state index contributed by atoms with van der Waals surface area (Å²) in [5, 5.41) is 0.0752. The van der Waals surface area contributed by atoms with Crippen LogP contribution in [0.4, 0.5) is 0 Å². The van der Waals surface area contributed by atoms with E-state index in [2.05, 4.69) is 0 Å². The molecule has 0 N–H and O–H groups in total. The van der Waals surface area contributed by atoms with Crippen molar-refractivity contribution < 1.29 is 9.53 Å². The van der Waals surface area contributed by atoms with Gasteiger partial charge in [-0.1, -0.05) is 0 Å². The maximum atomic E-state index is 10.3. The summed E-state index contributed by atoms with van der Waals surface area (Å²) < 4.78 is 4.70. The van der Waals surface area contributed by atoms with E-state index in [1.54, 1.807) is 0 Å². The maximum Gasteiger partial charge on any atom is 0.218 e. The largest absolute Gasteiger partial charge is 0.490 e. The fourth-order valence-corrected chi connectivity index (χ4v) is 0.698. The summed E-state index contributed by atoms with van der Waals surface area (Å²) in [4.78, 5) is 10.3. The molecule has 0 atom stereocenters. The van der Waals surface area contributed by atoms with E-state index in [1.807, 2.05) is 0 Å². The molecule has 1 rings (SSSR count). The minimum absolute atomic E-state index is 0.0752. The molecule has 0 aliphatic carbocycles. The number of rotatable bonds is 0. The lowest BCUT2D eigenvalue weighted by atomic mass is 10.7. The minimum atomic E-state index is 0.0752. The van der Waals surface area contributed by atoms with Gasteiger partial charge >= 0.3 is 0 Å². The zero-order valence-electron chi connectivity index (χ0n) is 3.59. The van der Waals surface area contributed by atoms with Crippen molar-refractivity contribution in [3.63, 3.8) is 0 Å². The number of thioether (sulfide) groups is 1. The van der Waals surface area contributed by atoms with Crippen molar-refractivity contribution in [2.45, 2.75) is 0 Å². The van der Waals surface area contributed by atoms with Crippen LogP contribution in [-0.2, 0) is 9.53 Å². The Morgan fingerprint density at radius 2 is 2.71 bits per heavy atom. The smallest absolute Gasteiger partial charge is 0.218 e. The minimum Gasteiger partial charge on any atom is -0.490 e. The molecule has 3 heteroatoms. The molecule has 1 aliphatic rings. The van der Waals surface area contributed by atoms with E-state index in [0.717, 1.165) is 0 Å². The third kappa shape index (κ3) is 1.23. The van der Waals surface area contributed by atoms with Crippen LogP contribution in [-0.4, -0.2) is 11.1 Å². The second-order valence-corrected chi connectivity index (χ2v) is 1.98. The number of hydrogen-bond donors (Lipinski definition) is 0. The molecule has 0 saturated carbocycles. The van der Waals surface area contributed by atoms with E-state index >= 15 is 0 Å². The van der Waals surface area contributed by atoms with Gasteiger partial charge in [-0.2, -0.15) is 0 Å². The monoisotopic (exact) mass is 116 g/mol. The highest BCUT2D eigenvalue weighted by Crippen LogP contribution is 2.07. The maximum absolute atomic E-state index is 10.3. The fourth-order valence-electron chi connectivity index (χ4n) is 0.283. The summed E-state index contributed by atoms with van der Waals surface area (Å²) in [5.74, 6) is 0.468. The first-order valence-electron chi connectivity index (χ1n) is 1.84.